The second-order valence-corrected chi connectivity index (χ2v) is 12.3. The predicted octanol–water partition coefficient (Wildman–Crippen LogP) is 5.72. The first kappa shape index (κ1) is 25.4. The number of ether oxygens (including phenoxy) is 1. The molecule has 1 spiro atoms. The van der Waals surface area contributed by atoms with Gasteiger partial charge >= 0.3 is 5.97 Å². The van der Waals surface area contributed by atoms with Crippen LogP contribution in [0.25, 0.3) is 0 Å². The van der Waals surface area contributed by atoms with E-state index in [-0.39, 0.29) is 41.4 Å². The Bertz CT molecular complexity index is 1050. The third-order valence-electron chi connectivity index (χ3n) is 11.4. The fourth-order valence-electron chi connectivity index (χ4n) is 9.63. The van der Waals surface area contributed by atoms with E-state index in [1.807, 2.05) is 0 Å². The van der Waals surface area contributed by atoms with Crippen LogP contribution >= 0.6 is 0 Å². The molecule has 5 aliphatic carbocycles. The van der Waals surface area contributed by atoms with Crippen molar-refractivity contribution in [3.8, 4) is 0 Å². The van der Waals surface area contributed by atoms with Crippen LogP contribution in [0.1, 0.15) is 64.2 Å². The molecule has 0 aromatic heterocycles. The summed E-state index contributed by atoms with van der Waals surface area (Å²) in [7, 11) is 1.77. The van der Waals surface area contributed by atoms with Gasteiger partial charge in [-0.05, 0) is 105 Å². The van der Waals surface area contributed by atoms with E-state index in [1.54, 1.807) is 7.11 Å². The summed E-state index contributed by atoms with van der Waals surface area (Å²) in [6.45, 7) is 16.8. The Balaban J connectivity index is 1.57. The maximum atomic E-state index is 14.2. The molecular weight excluding hydrogens is 452 g/mol. The number of rotatable bonds is 5. The van der Waals surface area contributed by atoms with Gasteiger partial charge in [0.1, 0.15) is 12.1 Å². The molecule has 0 heterocycles. The lowest BCUT2D eigenvalue weighted by molar-refractivity contribution is -0.159. The summed E-state index contributed by atoms with van der Waals surface area (Å²) in [6.07, 6.45) is 8.64. The average Bonchev–Trinajstić information content (AvgIpc) is 3.37. The summed E-state index contributed by atoms with van der Waals surface area (Å²) in [5, 5.41) is 9.66. The van der Waals surface area contributed by atoms with Crippen molar-refractivity contribution >= 4 is 18.0 Å². The molecule has 5 rings (SSSR count). The summed E-state index contributed by atoms with van der Waals surface area (Å²) in [5.41, 5.74) is 2.03. The minimum atomic E-state index is -0.921. The number of aliphatic carboxylic acids is 1. The Hall–Kier alpha value is -2.27. The highest BCUT2D eigenvalue weighted by atomic mass is 16.5. The van der Waals surface area contributed by atoms with Crippen molar-refractivity contribution < 1.29 is 24.2 Å². The predicted molar refractivity (Wildman–Crippen MR) is 138 cm³/mol. The van der Waals surface area contributed by atoms with Crippen molar-refractivity contribution in [2.24, 2.45) is 46.8 Å². The molecule has 9 atom stereocenters. The Morgan fingerprint density at radius 1 is 1.03 bits per heavy atom. The molecule has 0 radical (unpaired) electrons. The average molecular weight is 493 g/mol. The topological polar surface area (TPSA) is 80.7 Å². The first-order chi connectivity index (χ1) is 17.1. The lowest BCUT2D eigenvalue weighted by atomic mass is 9.61. The number of hydrogen-bond acceptors (Lipinski definition) is 4. The fraction of sp³-hybridized carbons (Fsp3) is 0.645. The number of fused-ring (bicyclic) bond motifs is 6. The van der Waals surface area contributed by atoms with Crippen LogP contribution in [0, 0.1) is 46.8 Å². The molecule has 0 bridgehead atoms. The molecule has 0 aromatic rings. The van der Waals surface area contributed by atoms with E-state index in [0.717, 1.165) is 69.6 Å². The molecule has 5 fully saturated rings. The van der Waals surface area contributed by atoms with Crippen LogP contribution in [0.5, 0.6) is 0 Å². The standard InChI is InChI=1S/C31H40O5/c1-17-6-8-21(19(3)16-32)13-27-23(17)14-28(33)30(27)11-10-26-24-12-22(20(4)29(34)35)9-7-18(2)25(24)15-31(26,30)36-5/h16,21-27H,1-4,6-15H2,5H3,(H,34,35)/t21?,22?,23?,24?,25?,26?,27?,30?,31-/m1/s1. The quantitative estimate of drug-likeness (QED) is 0.302. The summed E-state index contributed by atoms with van der Waals surface area (Å²) >= 11 is 0. The molecule has 1 N–H and O–H groups in total. The van der Waals surface area contributed by atoms with Crippen molar-refractivity contribution in [3.05, 3.63) is 48.6 Å². The minimum absolute atomic E-state index is 0.0649. The first-order valence-electron chi connectivity index (χ1n) is 13.6. The van der Waals surface area contributed by atoms with Gasteiger partial charge in [-0.1, -0.05) is 37.5 Å². The van der Waals surface area contributed by atoms with Gasteiger partial charge in [-0.15, -0.1) is 0 Å². The van der Waals surface area contributed by atoms with Gasteiger partial charge in [0.25, 0.3) is 0 Å². The van der Waals surface area contributed by atoms with Gasteiger partial charge in [0.15, 0.2) is 0 Å². The molecule has 5 heteroatoms. The zero-order chi connectivity index (χ0) is 26.0. The summed E-state index contributed by atoms with van der Waals surface area (Å²) in [5.74, 6) is 0.219. The monoisotopic (exact) mass is 492 g/mol. The highest BCUT2D eigenvalue weighted by Gasteiger charge is 2.75. The van der Waals surface area contributed by atoms with Crippen LogP contribution in [0.2, 0.25) is 0 Å². The second kappa shape index (κ2) is 8.93. The number of carboxylic acids is 1. The maximum Gasteiger partial charge on any atom is 0.331 e. The Morgan fingerprint density at radius 3 is 2.33 bits per heavy atom. The van der Waals surface area contributed by atoms with Gasteiger partial charge in [0.2, 0.25) is 0 Å². The van der Waals surface area contributed by atoms with Crippen molar-refractivity contribution in [1.29, 1.82) is 0 Å². The lowest BCUT2D eigenvalue weighted by Crippen LogP contribution is -2.54. The fourth-order valence-corrected chi connectivity index (χ4v) is 9.63. The molecule has 0 amide bonds. The molecule has 0 aliphatic heterocycles. The van der Waals surface area contributed by atoms with Crippen LogP contribution in [0.4, 0.5) is 0 Å². The zero-order valence-electron chi connectivity index (χ0n) is 21.6. The van der Waals surface area contributed by atoms with Gasteiger partial charge in [-0.25, -0.2) is 4.79 Å². The third-order valence-corrected chi connectivity index (χ3v) is 11.4. The van der Waals surface area contributed by atoms with E-state index in [2.05, 4.69) is 26.3 Å². The van der Waals surface area contributed by atoms with E-state index in [4.69, 9.17) is 4.74 Å². The molecule has 0 aromatic carbocycles. The smallest absolute Gasteiger partial charge is 0.331 e. The number of allylic oxidation sites excluding steroid dienone is 3. The number of carbonyl (C=O) groups excluding carboxylic acids is 2. The molecular formula is C31H40O5. The lowest BCUT2D eigenvalue weighted by Gasteiger charge is -2.47. The summed E-state index contributed by atoms with van der Waals surface area (Å²) in [4.78, 5) is 37.6. The minimum Gasteiger partial charge on any atom is -0.478 e. The number of Topliss-reactive ketones (excluding diaryl/α,β-unsaturated/α-hetero) is 1. The van der Waals surface area contributed by atoms with Crippen molar-refractivity contribution in [2.45, 2.75) is 69.8 Å². The Labute approximate surface area is 214 Å². The number of methoxy groups -OCH3 is 1. The summed E-state index contributed by atoms with van der Waals surface area (Å²) in [6, 6.07) is 0. The molecule has 5 saturated carbocycles. The van der Waals surface area contributed by atoms with Crippen LogP contribution in [0.15, 0.2) is 48.6 Å². The van der Waals surface area contributed by atoms with E-state index < -0.39 is 17.0 Å². The normalized spacial score (nSPS) is 43.9. The van der Waals surface area contributed by atoms with Gasteiger partial charge in [-0.2, -0.15) is 0 Å². The Morgan fingerprint density at radius 2 is 1.69 bits per heavy atom. The molecule has 194 valence electrons. The zero-order valence-corrected chi connectivity index (χ0v) is 21.6. The molecule has 8 unspecified atom stereocenters. The molecule has 5 aliphatic rings. The number of carbonyl (C=O) groups is 3. The van der Waals surface area contributed by atoms with Gasteiger partial charge < -0.3 is 9.84 Å². The van der Waals surface area contributed by atoms with Crippen LogP contribution in [-0.2, 0) is 19.1 Å². The number of hydrogen-bond donors (Lipinski definition) is 1. The van der Waals surface area contributed by atoms with Crippen LogP contribution in [0.3, 0.4) is 0 Å². The first-order valence-corrected chi connectivity index (χ1v) is 13.6. The van der Waals surface area contributed by atoms with E-state index in [1.165, 1.54) is 5.57 Å². The van der Waals surface area contributed by atoms with Crippen molar-refractivity contribution in [2.75, 3.05) is 7.11 Å². The largest absolute Gasteiger partial charge is 0.478 e. The molecule has 0 saturated heterocycles. The summed E-state index contributed by atoms with van der Waals surface area (Å²) < 4.78 is 6.58. The highest BCUT2D eigenvalue weighted by Crippen LogP contribution is 2.73. The maximum absolute atomic E-state index is 14.2. The van der Waals surface area contributed by atoms with Crippen molar-refractivity contribution in [1.82, 2.24) is 0 Å². The Kier molecular flexibility index (Phi) is 6.30. The van der Waals surface area contributed by atoms with Gasteiger partial charge in [0.05, 0.1) is 11.0 Å². The van der Waals surface area contributed by atoms with Crippen LogP contribution in [-0.4, -0.2) is 35.9 Å². The van der Waals surface area contributed by atoms with Crippen LogP contribution < -0.4 is 0 Å². The van der Waals surface area contributed by atoms with E-state index in [0.29, 0.717) is 23.4 Å². The number of aldehydes is 1. The van der Waals surface area contributed by atoms with Gasteiger partial charge in [-0.3, -0.25) is 9.59 Å². The van der Waals surface area contributed by atoms with E-state index >= 15 is 0 Å². The number of carboxylic acid groups (broad SMARTS) is 1. The second-order valence-electron chi connectivity index (χ2n) is 12.3. The third kappa shape index (κ3) is 3.34. The van der Waals surface area contributed by atoms with E-state index in [9.17, 15) is 19.5 Å². The SMILES string of the molecule is C=C(C=O)C1CCC(=C)C2CC(=O)C3(CCC4C5CC(C(=C)C(=O)O)CCC(=C)C5C[C@@]43OC)C2C1. The highest BCUT2D eigenvalue weighted by molar-refractivity contribution is 5.90. The molecule has 36 heavy (non-hydrogen) atoms. The van der Waals surface area contributed by atoms with Gasteiger partial charge in [0, 0.05) is 19.1 Å². The molecule has 5 nitrogen and oxygen atoms in total. The van der Waals surface area contributed by atoms with Crippen molar-refractivity contribution in [3.63, 3.8) is 0 Å². The number of ketones is 1.